The molecule has 1 aromatic heterocycles. The number of halogens is 1. The molecule has 3 aromatic carbocycles. The number of para-hydroxylation sites is 1. The number of carboxylic acids is 1. The van der Waals surface area contributed by atoms with Crippen LogP contribution in [0.2, 0.25) is 0 Å². The third kappa shape index (κ3) is 4.31. The summed E-state index contributed by atoms with van der Waals surface area (Å²) in [5.41, 5.74) is 5.22. The number of likely N-dealkylation sites (tertiary alicyclic amines) is 1. The molecule has 37 heavy (non-hydrogen) atoms. The minimum absolute atomic E-state index is 0.0919. The number of benzene rings is 3. The molecule has 1 amide bonds. The molecule has 0 unspecified atom stereocenters. The van der Waals surface area contributed by atoms with Gasteiger partial charge in [0.05, 0.1) is 16.5 Å². The molecular formula is C29H23BrN2O5. The number of ether oxygens (including phenoxy) is 2. The van der Waals surface area contributed by atoms with E-state index in [4.69, 9.17) is 9.47 Å². The molecule has 2 atom stereocenters. The highest BCUT2D eigenvalue weighted by molar-refractivity contribution is 9.10. The predicted octanol–water partition coefficient (Wildman–Crippen LogP) is 5.85. The van der Waals surface area contributed by atoms with E-state index in [9.17, 15) is 14.7 Å². The summed E-state index contributed by atoms with van der Waals surface area (Å²) in [6.07, 6.45) is -1.06. The fourth-order valence-corrected chi connectivity index (χ4v) is 5.74. The monoisotopic (exact) mass is 558 g/mol. The van der Waals surface area contributed by atoms with E-state index in [1.54, 1.807) is 0 Å². The molecule has 4 aromatic rings. The van der Waals surface area contributed by atoms with Gasteiger partial charge >= 0.3 is 12.1 Å². The molecule has 0 spiro atoms. The van der Waals surface area contributed by atoms with Crippen molar-refractivity contribution in [2.45, 2.75) is 24.5 Å². The third-order valence-electron chi connectivity index (χ3n) is 7.04. The highest BCUT2D eigenvalue weighted by Gasteiger charge is 2.42. The van der Waals surface area contributed by atoms with E-state index in [-0.39, 0.29) is 25.5 Å². The zero-order valence-corrected chi connectivity index (χ0v) is 21.3. The molecule has 6 rings (SSSR count). The fraction of sp³-hybridized carbons (Fsp3) is 0.207. The maximum atomic E-state index is 13.1. The summed E-state index contributed by atoms with van der Waals surface area (Å²) in [5, 5.41) is 10.8. The highest BCUT2D eigenvalue weighted by Crippen LogP contribution is 2.44. The summed E-state index contributed by atoms with van der Waals surface area (Å²) in [7, 11) is 0. The van der Waals surface area contributed by atoms with Gasteiger partial charge in [-0.1, -0.05) is 66.7 Å². The first-order valence-corrected chi connectivity index (χ1v) is 12.9. The van der Waals surface area contributed by atoms with Crippen LogP contribution in [0.3, 0.4) is 0 Å². The molecule has 0 saturated carbocycles. The lowest BCUT2D eigenvalue weighted by Crippen LogP contribution is -2.41. The Hall–Kier alpha value is -3.91. The summed E-state index contributed by atoms with van der Waals surface area (Å²) in [5.74, 6) is -0.834. The van der Waals surface area contributed by atoms with E-state index in [0.717, 1.165) is 33.2 Å². The van der Waals surface area contributed by atoms with Gasteiger partial charge in [-0.15, -0.1) is 0 Å². The molecule has 186 valence electrons. The molecular weight excluding hydrogens is 536 g/mol. The number of carboxylic acid groups (broad SMARTS) is 1. The Kier molecular flexibility index (Phi) is 6.04. The van der Waals surface area contributed by atoms with Crippen molar-refractivity contribution in [3.05, 3.63) is 94.5 Å². The zero-order valence-electron chi connectivity index (χ0n) is 19.7. The smallest absolute Gasteiger partial charge is 0.410 e. The normalized spacial score (nSPS) is 18.5. The van der Waals surface area contributed by atoms with Crippen molar-refractivity contribution in [2.75, 3.05) is 13.2 Å². The molecule has 1 fully saturated rings. The molecule has 8 heteroatoms. The van der Waals surface area contributed by atoms with Crippen LogP contribution in [-0.4, -0.2) is 52.4 Å². The Bertz CT molecular complexity index is 1480. The number of fused-ring (bicyclic) bond motifs is 4. The lowest BCUT2D eigenvalue weighted by Gasteiger charge is -2.22. The van der Waals surface area contributed by atoms with Gasteiger partial charge in [-0.25, -0.2) is 14.6 Å². The Balaban J connectivity index is 1.18. The number of nitrogens with zero attached hydrogens (tertiary/aromatic N) is 2. The Morgan fingerprint density at radius 3 is 2.32 bits per heavy atom. The van der Waals surface area contributed by atoms with Gasteiger partial charge in [-0.3, -0.25) is 4.90 Å². The minimum Gasteiger partial charge on any atom is -0.480 e. The van der Waals surface area contributed by atoms with E-state index in [0.29, 0.717) is 10.4 Å². The average Bonchev–Trinajstić information content (AvgIpc) is 3.47. The molecule has 2 heterocycles. The number of carbonyl (C=O) groups is 2. The standard InChI is InChI=1S/C29H23BrN2O5/c30-24-13-17-7-1-6-12-25(17)31-27(24)37-18-14-26(28(33)34)32(15-18)29(35)36-16-23-21-10-4-2-8-19(21)20-9-3-5-11-22(20)23/h1-13,18,23,26H,14-16H2,(H,33,34)/t18-,26+/m1/s1. The van der Waals surface area contributed by atoms with E-state index in [2.05, 4.69) is 33.0 Å². The number of aliphatic carboxylic acids is 1. The summed E-state index contributed by atoms with van der Waals surface area (Å²) in [6, 6.07) is 24.7. The summed E-state index contributed by atoms with van der Waals surface area (Å²) in [4.78, 5) is 31.0. The molecule has 0 bridgehead atoms. The quantitative estimate of drug-likeness (QED) is 0.330. The second-order valence-corrected chi connectivity index (χ2v) is 10.1. The Labute approximate surface area is 221 Å². The van der Waals surface area contributed by atoms with E-state index < -0.39 is 24.2 Å². The van der Waals surface area contributed by atoms with E-state index >= 15 is 0 Å². The van der Waals surface area contributed by atoms with Crippen LogP contribution < -0.4 is 4.74 Å². The van der Waals surface area contributed by atoms with Gasteiger partial charge in [0.25, 0.3) is 0 Å². The van der Waals surface area contributed by atoms with Crippen LogP contribution in [0.4, 0.5) is 4.79 Å². The van der Waals surface area contributed by atoms with Crippen LogP contribution in [0, 0.1) is 0 Å². The second kappa shape index (κ2) is 9.52. The average molecular weight is 559 g/mol. The van der Waals surface area contributed by atoms with Gasteiger partial charge in [0.1, 0.15) is 18.8 Å². The van der Waals surface area contributed by atoms with Crippen molar-refractivity contribution in [3.8, 4) is 17.0 Å². The molecule has 7 nitrogen and oxygen atoms in total. The van der Waals surface area contributed by atoms with Gasteiger partial charge < -0.3 is 14.6 Å². The largest absolute Gasteiger partial charge is 0.480 e. The predicted molar refractivity (Wildman–Crippen MR) is 142 cm³/mol. The maximum absolute atomic E-state index is 13.1. The first-order chi connectivity index (χ1) is 18.0. The van der Waals surface area contributed by atoms with Gasteiger partial charge in [-0.2, -0.15) is 0 Å². The van der Waals surface area contributed by atoms with Crippen molar-refractivity contribution >= 4 is 38.9 Å². The zero-order chi connectivity index (χ0) is 25.5. The number of hydrogen-bond donors (Lipinski definition) is 1. The minimum atomic E-state index is -1.09. The van der Waals surface area contributed by atoms with Crippen LogP contribution >= 0.6 is 15.9 Å². The molecule has 1 aliphatic heterocycles. The van der Waals surface area contributed by atoms with Crippen molar-refractivity contribution in [1.82, 2.24) is 9.88 Å². The van der Waals surface area contributed by atoms with Gasteiger partial charge in [0.15, 0.2) is 0 Å². The lowest BCUT2D eigenvalue weighted by atomic mass is 9.98. The summed E-state index contributed by atoms with van der Waals surface area (Å²) in [6.45, 7) is 0.216. The number of hydrogen-bond acceptors (Lipinski definition) is 5. The van der Waals surface area contributed by atoms with E-state index in [1.807, 2.05) is 66.7 Å². The van der Waals surface area contributed by atoms with E-state index in [1.165, 1.54) is 4.90 Å². The van der Waals surface area contributed by atoms with Crippen LogP contribution in [0.15, 0.2) is 83.3 Å². The fourth-order valence-electron chi connectivity index (χ4n) is 5.31. The highest BCUT2D eigenvalue weighted by atomic mass is 79.9. The third-order valence-corrected chi connectivity index (χ3v) is 7.61. The Morgan fingerprint density at radius 1 is 0.973 bits per heavy atom. The van der Waals surface area contributed by atoms with Crippen LogP contribution in [0.1, 0.15) is 23.5 Å². The summed E-state index contributed by atoms with van der Waals surface area (Å²) < 4.78 is 12.5. The topological polar surface area (TPSA) is 89.0 Å². The molecule has 2 aliphatic rings. The number of rotatable bonds is 5. The molecule has 1 aliphatic carbocycles. The second-order valence-electron chi connectivity index (χ2n) is 9.25. The van der Waals surface area contributed by atoms with Crippen molar-refractivity contribution < 1.29 is 24.2 Å². The molecule has 1 N–H and O–H groups in total. The van der Waals surface area contributed by atoms with Crippen molar-refractivity contribution in [2.24, 2.45) is 0 Å². The van der Waals surface area contributed by atoms with Crippen molar-refractivity contribution in [1.29, 1.82) is 0 Å². The maximum Gasteiger partial charge on any atom is 0.410 e. The van der Waals surface area contributed by atoms with Crippen LogP contribution in [-0.2, 0) is 9.53 Å². The summed E-state index contributed by atoms with van der Waals surface area (Å²) >= 11 is 3.49. The number of aromatic nitrogens is 1. The van der Waals surface area contributed by atoms with Crippen LogP contribution in [0.25, 0.3) is 22.0 Å². The van der Waals surface area contributed by atoms with Gasteiger partial charge in [0, 0.05) is 17.7 Å². The first kappa shape index (κ1) is 23.5. The first-order valence-electron chi connectivity index (χ1n) is 12.1. The van der Waals surface area contributed by atoms with Crippen molar-refractivity contribution in [3.63, 3.8) is 0 Å². The Morgan fingerprint density at radius 2 is 1.62 bits per heavy atom. The number of pyridine rings is 1. The van der Waals surface area contributed by atoms with Gasteiger partial charge in [0.2, 0.25) is 5.88 Å². The van der Waals surface area contributed by atoms with Crippen LogP contribution in [0.5, 0.6) is 5.88 Å². The lowest BCUT2D eigenvalue weighted by molar-refractivity contribution is -0.141. The van der Waals surface area contributed by atoms with Gasteiger partial charge in [-0.05, 0) is 50.3 Å². The number of amides is 1. The number of carbonyl (C=O) groups excluding carboxylic acids is 1. The molecule has 0 radical (unpaired) electrons. The SMILES string of the molecule is O=C(O)[C@@H]1C[C@@H](Oc2nc3ccccc3cc2Br)CN1C(=O)OCC1c2ccccc2-c2ccccc21. The molecule has 1 saturated heterocycles.